The van der Waals surface area contributed by atoms with E-state index in [-0.39, 0.29) is 18.0 Å². The lowest BCUT2D eigenvalue weighted by atomic mass is 10.2. The number of likely N-dealkylation sites (N-methyl/N-ethyl adjacent to an activating group) is 1. The highest BCUT2D eigenvalue weighted by molar-refractivity contribution is 5.77. The highest BCUT2D eigenvalue weighted by Gasteiger charge is 2.16. The molecule has 0 aliphatic rings. The zero-order valence-corrected chi connectivity index (χ0v) is 12.7. The number of hydrogen-bond donors (Lipinski definition) is 1. The third kappa shape index (κ3) is 4.19. The first-order chi connectivity index (χ1) is 10.1. The monoisotopic (exact) mass is 290 g/mol. The Hall–Kier alpha value is -2.08. The molecule has 1 amide bonds. The minimum absolute atomic E-state index is 0.0333. The van der Waals surface area contributed by atoms with Gasteiger partial charge in [0, 0.05) is 25.5 Å². The molecule has 0 unspecified atom stereocenters. The fourth-order valence-electron chi connectivity index (χ4n) is 2.03. The Morgan fingerprint density at radius 2 is 2.29 bits per heavy atom. The van der Waals surface area contributed by atoms with E-state index in [0.717, 1.165) is 5.76 Å². The second-order valence-corrected chi connectivity index (χ2v) is 5.23. The predicted octanol–water partition coefficient (Wildman–Crippen LogP) is 1.67. The average molecular weight is 290 g/mol. The third-order valence-electron chi connectivity index (χ3n) is 3.64. The van der Waals surface area contributed by atoms with E-state index in [1.807, 2.05) is 36.0 Å². The minimum atomic E-state index is 0.0333. The molecule has 2 aromatic heterocycles. The van der Waals surface area contributed by atoms with E-state index in [9.17, 15) is 4.79 Å². The van der Waals surface area contributed by atoms with E-state index in [4.69, 9.17) is 4.42 Å². The number of nitrogens with zero attached hydrogens (tertiary/aromatic N) is 3. The van der Waals surface area contributed by atoms with Crippen molar-refractivity contribution in [1.82, 2.24) is 20.0 Å². The smallest absolute Gasteiger partial charge is 0.236 e. The van der Waals surface area contributed by atoms with E-state index in [0.29, 0.717) is 13.1 Å². The van der Waals surface area contributed by atoms with Gasteiger partial charge in [-0.2, -0.15) is 5.10 Å². The van der Waals surface area contributed by atoms with Gasteiger partial charge >= 0.3 is 0 Å². The van der Waals surface area contributed by atoms with Crippen molar-refractivity contribution < 1.29 is 9.21 Å². The zero-order chi connectivity index (χ0) is 15.2. The molecule has 6 nitrogen and oxygen atoms in total. The zero-order valence-electron chi connectivity index (χ0n) is 12.7. The molecule has 2 atom stereocenters. The molecule has 1 N–H and O–H groups in total. The number of aromatic nitrogens is 2. The molecule has 2 rings (SSSR count). The summed E-state index contributed by atoms with van der Waals surface area (Å²) >= 11 is 0. The Morgan fingerprint density at radius 1 is 1.48 bits per heavy atom. The maximum absolute atomic E-state index is 12.1. The van der Waals surface area contributed by atoms with Crippen molar-refractivity contribution in [2.75, 3.05) is 13.6 Å². The van der Waals surface area contributed by atoms with Gasteiger partial charge in [-0.1, -0.05) is 0 Å². The molecule has 6 heteroatoms. The first kappa shape index (κ1) is 15.3. The molecule has 21 heavy (non-hydrogen) atoms. The molecule has 0 fully saturated rings. The summed E-state index contributed by atoms with van der Waals surface area (Å²) in [7, 11) is 1.77. The molecule has 0 saturated heterocycles. The summed E-state index contributed by atoms with van der Waals surface area (Å²) in [5, 5.41) is 7.47. The summed E-state index contributed by atoms with van der Waals surface area (Å²) in [6, 6.07) is 5.90. The summed E-state index contributed by atoms with van der Waals surface area (Å²) in [5.41, 5.74) is 0. The van der Waals surface area contributed by atoms with Gasteiger partial charge < -0.3 is 14.6 Å². The van der Waals surface area contributed by atoms with Crippen LogP contribution in [0.1, 0.15) is 25.6 Å². The van der Waals surface area contributed by atoms with Crippen LogP contribution in [0.15, 0.2) is 41.3 Å². The van der Waals surface area contributed by atoms with Crippen molar-refractivity contribution in [3.05, 3.63) is 42.6 Å². The van der Waals surface area contributed by atoms with E-state index in [1.54, 1.807) is 24.4 Å². The van der Waals surface area contributed by atoms with Crippen LogP contribution < -0.4 is 5.32 Å². The van der Waals surface area contributed by atoms with Crippen LogP contribution in [0.4, 0.5) is 0 Å². The molecule has 0 aliphatic heterocycles. The second-order valence-electron chi connectivity index (χ2n) is 5.23. The van der Waals surface area contributed by atoms with Crippen LogP contribution in [-0.4, -0.2) is 40.2 Å². The van der Waals surface area contributed by atoms with Gasteiger partial charge in [-0.3, -0.25) is 9.48 Å². The van der Waals surface area contributed by atoms with Gasteiger partial charge in [0.15, 0.2) is 0 Å². The van der Waals surface area contributed by atoms with Crippen molar-refractivity contribution in [3.8, 4) is 0 Å². The Morgan fingerprint density at radius 3 is 2.90 bits per heavy atom. The largest absolute Gasteiger partial charge is 0.467 e. The number of rotatable bonds is 7. The SMILES string of the molecule is C[C@@H](NCC(=O)N(C)Cc1ccco1)[C@H](C)n1cccn1. The first-order valence-corrected chi connectivity index (χ1v) is 7.06. The third-order valence-corrected chi connectivity index (χ3v) is 3.64. The highest BCUT2D eigenvalue weighted by atomic mass is 16.3. The number of carbonyl (C=O) groups is 1. The van der Waals surface area contributed by atoms with Gasteiger partial charge in [-0.15, -0.1) is 0 Å². The van der Waals surface area contributed by atoms with Crippen LogP contribution in [0.25, 0.3) is 0 Å². The Labute approximate surface area is 124 Å². The number of amides is 1. The molecule has 0 aromatic carbocycles. The molecule has 0 bridgehead atoms. The van der Waals surface area contributed by atoms with Gasteiger partial charge in [0.2, 0.25) is 5.91 Å². The van der Waals surface area contributed by atoms with Gasteiger partial charge in [0.25, 0.3) is 0 Å². The number of furan rings is 1. The standard InChI is InChI=1S/C15H22N4O2/c1-12(13(2)19-8-5-7-17-19)16-10-15(20)18(3)11-14-6-4-9-21-14/h4-9,12-13,16H,10-11H2,1-3H3/t12-,13+/m1/s1. The predicted molar refractivity (Wildman–Crippen MR) is 79.6 cm³/mol. The van der Waals surface area contributed by atoms with Crippen molar-refractivity contribution >= 4 is 5.91 Å². The van der Waals surface area contributed by atoms with Gasteiger partial charge in [0.1, 0.15) is 5.76 Å². The van der Waals surface area contributed by atoms with E-state index in [2.05, 4.69) is 17.3 Å². The first-order valence-electron chi connectivity index (χ1n) is 7.06. The van der Waals surface area contributed by atoms with E-state index < -0.39 is 0 Å². The van der Waals surface area contributed by atoms with Crippen LogP contribution in [0, 0.1) is 0 Å². The normalized spacial score (nSPS) is 13.9. The summed E-state index contributed by atoms with van der Waals surface area (Å²) in [6.07, 6.45) is 5.29. The van der Waals surface area contributed by atoms with E-state index in [1.165, 1.54) is 0 Å². The van der Waals surface area contributed by atoms with Gasteiger partial charge in [0.05, 0.1) is 25.4 Å². The molecule has 0 radical (unpaired) electrons. The van der Waals surface area contributed by atoms with Crippen molar-refractivity contribution in [2.24, 2.45) is 0 Å². The van der Waals surface area contributed by atoms with Crippen LogP contribution >= 0.6 is 0 Å². The summed E-state index contributed by atoms with van der Waals surface area (Å²) in [5.74, 6) is 0.815. The quantitative estimate of drug-likeness (QED) is 0.842. The van der Waals surface area contributed by atoms with Crippen molar-refractivity contribution in [1.29, 1.82) is 0 Å². The molecule has 2 aromatic rings. The highest BCUT2D eigenvalue weighted by Crippen LogP contribution is 2.09. The molecule has 2 heterocycles. The molecule has 114 valence electrons. The fraction of sp³-hybridized carbons (Fsp3) is 0.467. The summed E-state index contributed by atoms with van der Waals surface area (Å²) in [6.45, 7) is 4.90. The maximum Gasteiger partial charge on any atom is 0.236 e. The Kier molecular flexibility index (Phi) is 5.16. The van der Waals surface area contributed by atoms with Crippen molar-refractivity contribution in [2.45, 2.75) is 32.5 Å². The topological polar surface area (TPSA) is 63.3 Å². The van der Waals surface area contributed by atoms with Crippen LogP contribution in [0.2, 0.25) is 0 Å². The molecular weight excluding hydrogens is 268 g/mol. The second kappa shape index (κ2) is 7.08. The number of hydrogen-bond acceptors (Lipinski definition) is 4. The lowest BCUT2D eigenvalue weighted by Crippen LogP contribution is -2.41. The van der Waals surface area contributed by atoms with Crippen LogP contribution in [0.5, 0.6) is 0 Å². The summed E-state index contributed by atoms with van der Waals surface area (Å²) in [4.78, 5) is 13.7. The molecular formula is C15H22N4O2. The van der Waals surface area contributed by atoms with Crippen LogP contribution in [0.3, 0.4) is 0 Å². The fourth-order valence-corrected chi connectivity index (χ4v) is 2.03. The number of nitrogens with one attached hydrogen (secondary N) is 1. The minimum Gasteiger partial charge on any atom is -0.467 e. The molecule has 0 saturated carbocycles. The Balaban J connectivity index is 1.77. The van der Waals surface area contributed by atoms with E-state index >= 15 is 0 Å². The van der Waals surface area contributed by atoms with Gasteiger partial charge in [-0.25, -0.2) is 0 Å². The molecule has 0 aliphatic carbocycles. The van der Waals surface area contributed by atoms with Gasteiger partial charge in [-0.05, 0) is 32.0 Å². The average Bonchev–Trinajstić information content (AvgIpc) is 3.16. The van der Waals surface area contributed by atoms with Crippen LogP contribution in [-0.2, 0) is 11.3 Å². The lowest BCUT2D eigenvalue weighted by molar-refractivity contribution is -0.129. The Bertz CT molecular complexity index is 536. The maximum atomic E-state index is 12.1. The lowest BCUT2D eigenvalue weighted by Gasteiger charge is -2.23. The summed E-state index contributed by atoms with van der Waals surface area (Å²) < 4.78 is 7.12. The molecule has 0 spiro atoms. The number of carbonyl (C=O) groups excluding carboxylic acids is 1. The van der Waals surface area contributed by atoms with Crippen molar-refractivity contribution in [3.63, 3.8) is 0 Å².